The van der Waals surface area contributed by atoms with Crippen molar-refractivity contribution < 1.29 is 19.4 Å². The smallest absolute Gasteiger partial charge is 0.308 e. The minimum absolute atomic E-state index is 0.0459. The molecule has 5 nitrogen and oxygen atoms in total. The maximum Gasteiger partial charge on any atom is 0.308 e. The Morgan fingerprint density at radius 1 is 1.25 bits per heavy atom. The average molecular weight is 352 g/mol. The number of benzene rings is 1. The Morgan fingerprint density at radius 2 is 2.00 bits per heavy atom. The molecule has 0 spiro atoms. The molecule has 6 heteroatoms. The van der Waals surface area contributed by atoms with Gasteiger partial charge < -0.3 is 14.7 Å². The van der Waals surface area contributed by atoms with Gasteiger partial charge in [0.15, 0.2) is 0 Å². The van der Waals surface area contributed by atoms with Crippen molar-refractivity contribution in [2.24, 2.45) is 11.8 Å². The normalized spacial score (nSPS) is 26.7. The fourth-order valence-electron chi connectivity index (χ4n) is 3.60. The molecule has 0 bridgehead atoms. The number of likely N-dealkylation sites (tertiary alicyclic amines) is 1. The van der Waals surface area contributed by atoms with E-state index < -0.39 is 11.9 Å². The largest absolute Gasteiger partial charge is 0.481 e. The molecule has 1 N–H and O–H groups in total. The molecule has 130 valence electrons. The molecule has 3 atom stereocenters. The van der Waals surface area contributed by atoms with E-state index in [1.807, 2.05) is 12.1 Å². The number of halogens is 1. The molecular weight excluding hydrogens is 330 g/mol. The number of hydrogen-bond donors (Lipinski definition) is 1. The fraction of sp³-hybridized carbons (Fsp3) is 0.556. The van der Waals surface area contributed by atoms with E-state index in [9.17, 15) is 14.7 Å². The lowest BCUT2D eigenvalue weighted by Gasteiger charge is -2.17. The lowest BCUT2D eigenvalue weighted by molar-refractivity contribution is -0.141. The van der Waals surface area contributed by atoms with E-state index in [0.717, 1.165) is 31.6 Å². The average Bonchev–Trinajstić information content (AvgIpc) is 3.23. The molecule has 2 fully saturated rings. The summed E-state index contributed by atoms with van der Waals surface area (Å²) in [4.78, 5) is 25.8. The number of hydrogen-bond acceptors (Lipinski definition) is 3. The number of carboxylic acid groups (broad SMARTS) is 1. The van der Waals surface area contributed by atoms with E-state index in [1.54, 1.807) is 17.0 Å². The van der Waals surface area contributed by atoms with Crippen LogP contribution >= 0.6 is 11.6 Å². The maximum absolute atomic E-state index is 12.5. The number of carboxylic acids is 1. The molecule has 24 heavy (non-hydrogen) atoms. The van der Waals surface area contributed by atoms with Gasteiger partial charge in [-0.2, -0.15) is 0 Å². The van der Waals surface area contributed by atoms with Gasteiger partial charge in [-0.3, -0.25) is 9.59 Å². The van der Waals surface area contributed by atoms with Crippen LogP contribution in [0.5, 0.6) is 0 Å². The van der Waals surface area contributed by atoms with Crippen LogP contribution in [0.3, 0.4) is 0 Å². The lowest BCUT2D eigenvalue weighted by atomic mass is 9.89. The third kappa shape index (κ3) is 3.90. The molecule has 0 radical (unpaired) electrons. The van der Waals surface area contributed by atoms with Gasteiger partial charge in [0.25, 0.3) is 0 Å². The summed E-state index contributed by atoms with van der Waals surface area (Å²) in [6, 6.07) is 7.24. The van der Waals surface area contributed by atoms with E-state index in [0.29, 0.717) is 23.9 Å². The number of aliphatic carboxylic acids is 1. The van der Waals surface area contributed by atoms with E-state index in [2.05, 4.69) is 0 Å². The van der Waals surface area contributed by atoms with Crippen molar-refractivity contribution in [3.8, 4) is 0 Å². The minimum atomic E-state index is -0.852. The molecule has 1 unspecified atom stereocenters. The van der Waals surface area contributed by atoms with E-state index >= 15 is 0 Å². The van der Waals surface area contributed by atoms with Gasteiger partial charge >= 0.3 is 5.97 Å². The van der Waals surface area contributed by atoms with Crippen molar-refractivity contribution in [1.29, 1.82) is 0 Å². The number of ether oxygens (including phenoxy) is 1. The van der Waals surface area contributed by atoms with Crippen molar-refractivity contribution in [2.45, 2.75) is 25.2 Å². The summed E-state index contributed by atoms with van der Waals surface area (Å²) in [7, 11) is 0. The fourth-order valence-corrected chi connectivity index (χ4v) is 3.73. The van der Waals surface area contributed by atoms with Crippen LogP contribution < -0.4 is 0 Å². The second kappa shape index (κ2) is 7.53. The highest BCUT2D eigenvalue weighted by atomic mass is 35.5. The maximum atomic E-state index is 12.5. The molecule has 0 aromatic heterocycles. The highest BCUT2D eigenvalue weighted by molar-refractivity contribution is 6.30. The Labute approximate surface area is 146 Å². The first-order valence-electron chi connectivity index (χ1n) is 8.38. The van der Waals surface area contributed by atoms with Crippen LogP contribution in [0.1, 0.15) is 30.7 Å². The zero-order valence-electron chi connectivity index (χ0n) is 13.5. The monoisotopic (exact) mass is 351 g/mol. The Morgan fingerprint density at radius 3 is 2.62 bits per heavy atom. The topological polar surface area (TPSA) is 66.8 Å². The Hall–Kier alpha value is -1.59. The second-order valence-electron chi connectivity index (χ2n) is 6.67. The predicted octanol–water partition coefficient (Wildman–Crippen LogP) is 2.78. The SMILES string of the molecule is O=C(O)[C@@H]1CN(C(=O)CCC2CCOC2)C[C@H]1c1ccc(Cl)cc1. The van der Waals surface area contributed by atoms with Crippen LogP contribution in [0.25, 0.3) is 0 Å². The summed E-state index contributed by atoms with van der Waals surface area (Å²) in [5.41, 5.74) is 0.922. The number of rotatable bonds is 5. The van der Waals surface area contributed by atoms with Gasteiger partial charge in [0.05, 0.1) is 5.92 Å². The molecule has 2 heterocycles. The van der Waals surface area contributed by atoms with Crippen LogP contribution in [-0.2, 0) is 14.3 Å². The highest BCUT2D eigenvalue weighted by Gasteiger charge is 2.40. The molecule has 3 rings (SSSR count). The highest BCUT2D eigenvalue weighted by Crippen LogP contribution is 2.34. The van der Waals surface area contributed by atoms with Crippen molar-refractivity contribution in [2.75, 3.05) is 26.3 Å². The lowest BCUT2D eigenvalue weighted by Crippen LogP contribution is -2.30. The standard InChI is InChI=1S/C18H22ClNO4/c19-14-4-2-13(3-5-14)15-9-20(10-16(15)18(22)23)17(21)6-1-12-7-8-24-11-12/h2-5,12,15-16H,1,6-11H2,(H,22,23)/t12?,15-,16+/m0/s1. The van der Waals surface area contributed by atoms with Gasteiger partial charge in [-0.25, -0.2) is 0 Å². The predicted molar refractivity (Wildman–Crippen MR) is 90.1 cm³/mol. The van der Waals surface area contributed by atoms with Crippen LogP contribution in [0.2, 0.25) is 5.02 Å². The molecule has 2 aliphatic heterocycles. The first-order valence-corrected chi connectivity index (χ1v) is 8.76. The molecule has 0 saturated carbocycles. The summed E-state index contributed by atoms with van der Waals surface area (Å²) >= 11 is 5.91. The summed E-state index contributed by atoms with van der Waals surface area (Å²) < 4.78 is 5.33. The quantitative estimate of drug-likeness (QED) is 0.885. The van der Waals surface area contributed by atoms with Gasteiger partial charge in [-0.05, 0) is 36.5 Å². The first kappa shape index (κ1) is 17.2. The molecule has 1 amide bonds. The third-order valence-electron chi connectivity index (χ3n) is 5.08. The van der Waals surface area contributed by atoms with Gasteiger partial charge in [-0.15, -0.1) is 0 Å². The van der Waals surface area contributed by atoms with E-state index in [-0.39, 0.29) is 18.4 Å². The molecular formula is C18H22ClNO4. The first-order chi connectivity index (χ1) is 11.5. The number of amides is 1. The van der Waals surface area contributed by atoms with Gasteiger partial charge in [0.1, 0.15) is 0 Å². The van der Waals surface area contributed by atoms with Crippen LogP contribution in [0.4, 0.5) is 0 Å². The van der Waals surface area contributed by atoms with Crippen molar-refractivity contribution in [3.63, 3.8) is 0 Å². The summed E-state index contributed by atoms with van der Waals surface area (Å²) in [5, 5.41) is 10.1. The van der Waals surface area contributed by atoms with Gasteiger partial charge in [0, 0.05) is 43.7 Å². The Bertz CT molecular complexity index is 598. The minimum Gasteiger partial charge on any atom is -0.481 e. The van der Waals surface area contributed by atoms with Crippen molar-refractivity contribution in [3.05, 3.63) is 34.9 Å². The second-order valence-corrected chi connectivity index (χ2v) is 7.11. The zero-order chi connectivity index (χ0) is 17.1. The Balaban J connectivity index is 1.64. The van der Waals surface area contributed by atoms with Crippen LogP contribution in [-0.4, -0.2) is 48.2 Å². The van der Waals surface area contributed by atoms with Crippen LogP contribution in [0, 0.1) is 11.8 Å². The third-order valence-corrected chi connectivity index (χ3v) is 5.33. The van der Waals surface area contributed by atoms with E-state index in [1.165, 1.54) is 0 Å². The van der Waals surface area contributed by atoms with Crippen molar-refractivity contribution >= 4 is 23.5 Å². The molecule has 1 aromatic carbocycles. The summed E-state index contributed by atoms with van der Waals surface area (Å²) in [6.45, 7) is 2.25. The molecule has 0 aliphatic carbocycles. The zero-order valence-corrected chi connectivity index (χ0v) is 14.2. The van der Waals surface area contributed by atoms with Gasteiger partial charge in [0.2, 0.25) is 5.91 Å². The number of nitrogens with zero attached hydrogens (tertiary/aromatic N) is 1. The summed E-state index contributed by atoms with van der Waals surface area (Å²) in [6.07, 6.45) is 2.30. The molecule has 2 saturated heterocycles. The molecule has 1 aromatic rings. The van der Waals surface area contributed by atoms with E-state index in [4.69, 9.17) is 16.3 Å². The Kier molecular flexibility index (Phi) is 5.41. The number of carbonyl (C=O) groups excluding carboxylic acids is 1. The summed E-state index contributed by atoms with van der Waals surface area (Å²) in [5.74, 6) is -1.10. The van der Waals surface area contributed by atoms with Gasteiger partial charge in [-0.1, -0.05) is 23.7 Å². The molecule has 2 aliphatic rings. The number of carbonyl (C=O) groups is 2. The van der Waals surface area contributed by atoms with Crippen molar-refractivity contribution in [1.82, 2.24) is 4.90 Å². The van der Waals surface area contributed by atoms with Crippen LogP contribution in [0.15, 0.2) is 24.3 Å².